The first kappa shape index (κ1) is 22.7. The van der Waals surface area contributed by atoms with E-state index >= 15 is 0 Å². The van der Waals surface area contributed by atoms with Gasteiger partial charge >= 0.3 is 5.97 Å². The summed E-state index contributed by atoms with van der Waals surface area (Å²) < 4.78 is 5.64. The van der Waals surface area contributed by atoms with Gasteiger partial charge in [-0.05, 0) is 73.2 Å². The van der Waals surface area contributed by atoms with Gasteiger partial charge in [0, 0.05) is 44.9 Å². The van der Waals surface area contributed by atoms with E-state index in [1.807, 2.05) is 43.3 Å². The number of esters is 1. The summed E-state index contributed by atoms with van der Waals surface area (Å²) in [4.78, 5) is 22.6. The fourth-order valence-corrected chi connectivity index (χ4v) is 5.96. The average molecular weight is 498 g/mol. The largest absolute Gasteiger partial charge is 0.464 e. The molecular formula is C30H28ClN3O2. The number of aromatic amines is 2. The Morgan fingerprint density at radius 3 is 2.17 bits per heavy atom. The lowest BCUT2D eigenvalue weighted by molar-refractivity contribution is -0.145. The molecule has 5 nitrogen and oxygen atoms in total. The van der Waals surface area contributed by atoms with Gasteiger partial charge in [-0.3, -0.25) is 0 Å². The molecule has 3 aromatic carbocycles. The van der Waals surface area contributed by atoms with E-state index in [-0.39, 0.29) is 17.9 Å². The zero-order chi connectivity index (χ0) is 24.6. The third kappa shape index (κ3) is 3.94. The van der Waals surface area contributed by atoms with Crippen LogP contribution in [0.15, 0.2) is 85.2 Å². The minimum Gasteiger partial charge on any atom is -0.464 e. The second kappa shape index (κ2) is 9.40. The van der Waals surface area contributed by atoms with Crippen LogP contribution in [0.3, 0.4) is 0 Å². The lowest BCUT2D eigenvalue weighted by Gasteiger charge is -2.45. The van der Waals surface area contributed by atoms with E-state index in [4.69, 9.17) is 16.3 Å². The normalized spacial score (nSPS) is 20.2. The molecule has 0 amide bonds. The fraction of sp³-hybridized carbons (Fsp3) is 0.233. The van der Waals surface area contributed by atoms with E-state index in [0.29, 0.717) is 18.1 Å². The summed E-state index contributed by atoms with van der Waals surface area (Å²) in [7, 11) is 0. The number of aromatic nitrogens is 2. The monoisotopic (exact) mass is 497 g/mol. The van der Waals surface area contributed by atoms with Crippen molar-refractivity contribution in [3.63, 3.8) is 0 Å². The number of ether oxygens (including phenoxy) is 1. The van der Waals surface area contributed by atoms with Crippen molar-refractivity contribution in [2.45, 2.75) is 37.8 Å². The van der Waals surface area contributed by atoms with E-state index < -0.39 is 6.04 Å². The quantitative estimate of drug-likeness (QED) is 0.249. The SMILES string of the molecule is CCOC(=O)[C@@H]1C[C@@H](c2c[nH]c3ccccc23)C[C@@H](c2c[nH]c3ccccc23)N1c1ccc(Cl)cc1. The second-order valence-corrected chi connectivity index (χ2v) is 9.85. The summed E-state index contributed by atoms with van der Waals surface area (Å²) in [6.45, 7) is 2.21. The number of hydrogen-bond donors (Lipinski definition) is 2. The highest BCUT2D eigenvalue weighted by Crippen LogP contribution is 2.47. The van der Waals surface area contributed by atoms with Crippen LogP contribution in [0, 0.1) is 0 Å². The minimum atomic E-state index is -0.433. The molecule has 0 aliphatic carbocycles. The number of carbonyl (C=O) groups is 1. The van der Waals surface area contributed by atoms with E-state index in [9.17, 15) is 4.79 Å². The number of anilines is 1. The van der Waals surface area contributed by atoms with Gasteiger partial charge in [0.2, 0.25) is 0 Å². The van der Waals surface area contributed by atoms with Gasteiger partial charge in [0.1, 0.15) is 6.04 Å². The lowest BCUT2D eigenvalue weighted by Crippen LogP contribution is -2.49. The van der Waals surface area contributed by atoms with Gasteiger partial charge in [-0.2, -0.15) is 0 Å². The van der Waals surface area contributed by atoms with Crippen LogP contribution in [0.2, 0.25) is 5.02 Å². The van der Waals surface area contributed by atoms with Crippen LogP contribution in [-0.4, -0.2) is 28.6 Å². The van der Waals surface area contributed by atoms with Crippen LogP contribution >= 0.6 is 11.6 Å². The molecule has 3 heterocycles. The molecular weight excluding hydrogens is 470 g/mol. The molecule has 36 heavy (non-hydrogen) atoms. The summed E-state index contributed by atoms with van der Waals surface area (Å²) in [6, 6.07) is 24.0. The van der Waals surface area contributed by atoms with Crippen molar-refractivity contribution in [3.8, 4) is 0 Å². The maximum atomic E-state index is 13.5. The Morgan fingerprint density at radius 1 is 0.889 bits per heavy atom. The van der Waals surface area contributed by atoms with Crippen LogP contribution < -0.4 is 4.90 Å². The summed E-state index contributed by atoms with van der Waals surface area (Å²) in [6.07, 6.45) is 5.74. The number of piperidine rings is 1. The summed E-state index contributed by atoms with van der Waals surface area (Å²) in [5.41, 5.74) is 5.60. The predicted molar refractivity (Wildman–Crippen MR) is 146 cm³/mol. The van der Waals surface area contributed by atoms with Gasteiger partial charge in [-0.15, -0.1) is 0 Å². The van der Waals surface area contributed by atoms with Crippen molar-refractivity contribution < 1.29 is 9.53 Å². The fourth-order valence-electron chi connectivity index (χ4n) is 5.83. The summed E-state index contributed by atoms with van der Waals surface area (Å²) in [5, 5.41) is 3.05. The van der Waals surface area contributed by atoms with E-state index in [0.717, 1.165) is 23.1 Å². The molecule has 2 N–H and O–H groups in total. The lowest BCUT2D eigenvalue weighted by atomic mass is 9.79. The van der Waals surface area contributed by atoms with Crippen molar-refractivity contribution in [2.24, 2.45) is 0 Å². The summed E-state index contributed by atoms with van der Waals surface area (Å²) in [5.74, 6) is -0.0143. The molecule has 0 saturated carbocycles. The third-order valence-corrected chi connectivity index (χ3v) is 7.66. The molecule has 0 radical (unpaired) electrons. The number of carbonyl (C=O) groups excluding carboxylic acids is 1. The Morgan fingerprint density at radius 2 is 1.50 bits per heavy atom. The highest BCUT2D eigenvalue weighted by atomic mass is 35.5. The van der Waals surface area contributed by atoms with E-state index in [2.05, 4.69) is 63.7 Å². The van der Waals surface area contributed by atoms with Crippen molar-refractivity contribution in [1.82, 2.24) is 9.97 Å². The highest BCUT2D eigenvalue weighted by molar-refractivity contribution is 6.30. The maximum Gasteiger partial charge on any atom is 0.328 e. The van der Waals surface area contributed by atoms with Crippen molar-refractivity contribution in [1.29, 1.82) is 0 Å². The number of halogens is 1. The van der Waals surface area contributed by atoms with Gasteiger partial charge in [0.15, 0.2) is 0 Å². The van der Waals surface area contributed by atoms with E-state index in [1.165, 1.54) is 21.9 Å². The molecule has 5 aromatic rings. The van der Waals surface area contributed by atoms with Gasteiger partial charge in [0.05, 0.1) is 12.6 Å². The molecule has 3 atom stereocenters. The number of nitrogens with one attached hydrogen (secondary N) is 2. The minimum absolute atomic E-state index is 0.0378. The topological polar surface area (TPSA) is 61.1 Å². The smallest absolute Gasteiger partial charge is 0.328 e. The Kier molecular flexibility index (Phi) is 5.94. The van der Waals surface area contributed by atoms with E-state index in [1.54, 1.807) is 0 Å². The Hall–Kier alpha value is -3.70. The number of nitrogens with zero attached hydrogens (tertiary/aromatic N) is 1. The molecule has 6 rings (SSSR count). The van der Waals surface area contributed by atoms with Crippen molar-refractivity contribution >= 4 is 45.1 Å². The van der Waals surface area contributed by atoms with Crippen LogP contribution in [0.4, 0.5) is 5.69 Å². The van der Waals surface area contributed by atoms with Gasteiger partial charge < -0.3 is 19.6 Å². The van der Waals surface area contributed by atoms with Gasteiger partial charge in [-0.1, -0.05) is 48.0 Å². The number of rotatable bonds is 5. The first-order valence-electron chi connectivity index (χ1n) is 12.5. The van der Waals surface area contributed by atoms with Gasteiger partial charge in [-0.25, -0.2) is 4.79 Å². The Labute approximate surface area is 215 Å². The molecule has 1 saturated heterocycles. The number of fused-ring (bicyclic) bond motifs is 2. The van der Waals surface area contributed by atoms with Gasteiger partial charge in [0.25, 0.3) is 0 Å². The molecule has 1 fully saturated rings. The molecule has 0 spiro atoms. The molecule has 182 valence electrons. The first-order valence-corrected chi connectivity index (χ1v) is 12.8. The van der Waals surface area contributed by atoms with Crippen molar-refractivity contribution in [3.05, 3.63) is 101 Å². The number of hydrogen-bond acceptors (Lipinski definition) is 3. The zero-order valence-corrected chi connectivity index (χ0v) is 20.8. The first-order chi connectivity index (χ1) is 17.6. The average Bonchev–Trinajstić information content (AvgIpc) is 3.53. The number of para-hydroxylation sites is 2. The maximum absolute atomic E-state index is 13.5. The number of benzene rings is 3. The molecule has 0 bridgehead atoms. The molecule has 0 unspecified atom stereocenters. The Bertz CT molecular complexity index is 1520. The Balaban J connectivity index is 1.52. The van der Waals surface area contributed by atoms with Crippen LogP contribution in [0.25, 0.3) is 21.8 Å². The van der Waals surface area contributed by atoms with Crippen LogP contribution in [0.5, 0.6) is 0 Å². The van der Waals surface area contributed by atoms with Crippen LogP contribution in [0.1, 0.15) is 42.9 Å². The number of H-pyrrole nitrogens is 2. The molecule has 6 heteroatoms. The standard InChI is InChI=1S/C30H28ClN3O2/c1-2-36-30(35)29-16-19(24-17-32-26-9-5-3-7-22(24)26)15-28(34(29)21-13-11-20(31)12-14-21)25-18-33-27-10-6-4-8-23(25)27/h3-14,17-19,28-29,32-33H,2,15-16H2,1H3/t19-,28-,29-/m0/s1. The highest BCUT2D eigenvalue weighted by Gasteiger charge is 2.42. The second-order valence-electron chi connectivity index (χ2n) is 9.41. The van der Waals surface area contributed by atoms with Crippen molar-refractivity contribution in [2.75, 3.05) is 11.5 Å². The van der Waals surface area contributed by atoms with Crippen LogP contribution in [-0.2, 0) is 9.53 Å². The third-order valence-electron chi connectivity index (χ3n) is 7.41. The zero-order valence-electron chi connectivity index (χ0n) is 20.1. The molecule has 1 aliphatic heterocycles. The summed E-state index contributed by atoms with van der Waals surface area (Å²) >= 11 is 6.24. The molecule has 2 aromatic heterocycles. The predicted octanol–water partition coefficient (Wildman–Crippen LogP) is 7.36. The molecule has 1 aliphatic rings.